The van der Waals surface area contributed by atoms with Gasteiger partial charge in [-0.05, 0) is 69.1 Å². The molecule has 1 unspecified atom stereocenters. The molecule has 4 heteroatoms. The summed E-state index contributed by atoms with van der Waals surface area (Å²) in [5, 5.41) is 0. The van der Waals surface area contributed by atoms with Crippen LogP contribution in [0.15, 0.2) is 0 Å². The lowest BCUT2D eigenvalue weighted by atomic mass is 9.54. The van der Waals surface area contributed by atoms with Gasteiger partial charge in [0.05, 0.1) is 0 Å². The molecular formula is C16H25ClO3. The summed E-state index contributed by atoms with van der Waals surface area (Å²) >= 11 is 6.02. The molecule has 0 aromatic heterocycles. The molecule has 20 heavy (non-hydrogen) atoms. The standard InChI is InChI=1S/C16H25ClO3/c1-2-3-4-14(17)19-15(18)20-16-8-11-5-12(9-16)7-13(6-11)10-16/h11-14H,2-10H2,1H3. The largest absolute Gasteiger partial charge is 0.510 e. The van der Waals surface area contributed by atoms with Crippen molar-refractivity contribution in [1.29, 1.82) is 0 Å². The predicted molar refractivity (Wildman–Crippen MR) is 77.6 cm³/mol. The SMILES string of the molecule is CCCCC(Cl)OC(=O)OC12CC3CC(CC(C3)C1)C2. The van der Waals surface area contributed by atoms with E-state index in [1.807, 2.05) is 0 Å². The molecule has 4 saturated carbocycles. The van der Waals surface area contributed by atoms with Crippen molar-refractivity contribution < 1.29 is 14.3 Å². The molecule has 0 saturated heterocycles. The number of hydrogen-bond acceptors (Lipinski definition) is 3. The zero-order chi connectivity index (χ0) is 14.2. The quantitative estimate of drug-likeness (QED) is 0.537. The van der Waals surface area contributed by atoms with Gasteiger partial charge in [-0.2, -0.15) is 0 Å². The van der Waals surface area contributed by atoms with Gasteiger partial charge in [-0.25, -0.2) is 4.79 Å². The van der Waals surface area contributed by atoms with Crippen LogP contribution in [0.5, 0.6) is 0 Å². The number of alkyl halides is 1. The Balaban J connectivity index is 1.53. The lowest BCUT2D eigenvalue weighted by molar-refractivity contribution is -0.143. The van der Waals surface area contributed by atoms with Crippen molar-refractivity contribution in [3.8, 4) is 0 Å². The highest BCUT2D eigenvalue weighted by molar-refractivity contribution is 6.20. The van der Waals surface area contributed by atoms with Crippen molar-refractivity contribution in [3.63, 3.8) is 0 Å². The van der Waals surface area contributed by atoms with E-state index in [1.54, 1.807) is 0 Å². The molecule has 3 nitrogen and oxygen atoms in total. The first-order chi connectivity index (χ1) is 9.58. The topological polar surface area (TPSA) is 35.5 Å². The molecule has 4 aliphatic rings. The van der Waals surface area contributed by atoms with Gasteiger partial charge in [-0.1, -0.05) is 24.9 Å². The Morgan fingerprint density at radius 1 is 1.20 bits per heavy atom. The van der Waals surface area contributed by atoms with Crippen molar-refractivity contribution >= 4 is 17.8 Å². The van der Waals surface area contributed by atoms with Gasteiger partial charge >= 0.3 is 6.16 Å². The van der Waals surface area contributed by atoms with Crippen molar-refractivity contribution in [2.75, 3.05) is 0 Å². The van der Waals surface area contributed by atoms with E-state index in [1.165, 1.54) is 19.3 Å². The molecule has 4 bridgehead atoms. The zero-order valence-corrected chi connectivity index (χ0v) is 13.0. The number of halogens is 1. The maximum absolute atomic E-state index is 12.0. The molecule has 0 radical (unpaired) electrons. The van der Waals surface area contributed by atoms with E-state index in [-0.39, 0.29) is 5.60 Å². The van der Waals surface area contributed by atoms with Crippen LogP contribution in [0.4, 0.5) is 4.79 Å². The third-order valence-electron chi connectivity index (χ3n) is 5.29. The number of carbonyl (C=O) groups is 1. The fourth-order valence-corrected chi connectivity index (χ4v) is 5.11. The number of hydrogen-bond donors (Lipinski definition) is 0. The fraction of sp³-hybridized carbons (Fsp3) is 0.938. The van der Waals surface area contributed by atoms with Crippen LogP contribution in [-0.4, -0.2) is 17.3 Å². The second-order valence-electron chi connectivity index (χ2n) is 7.12. The minimum Gasteiger partial charge on any atom is -0.428 e. The Morgan fingerprint density at radius 3 is 2.25 bits per heavy atom. The van der Waals surface area contributed by atoms with E-state index in [4.69, 9.17) is 21.1 Å². The van der Waals surface area contributed by atoms with Crippen LogP contribution in [0.3, 0.4) is 0 Å². The van der Waals surface area contributed by atoms with Crippen molar-refractivity contribution in [1.82, 2.24) is 0 Å². The average molecular weight is 301 g/mol. The third kappa shape index (κ3) is 3.08. The summed E-state index contributed by atoms with van der Waals surface area (Å²) in [7, 11) is 0. The molecule has 0 spiro atoms. The van der Waals surface area contributed by atoms with Gasteiger partial charge in [-0.15, -0.1) is 0 Å². The van der Waals surface area contributed by atoms with E-state index in [0.717, 1.165) is 49.9 Å². The van der Waals surface area contributed by atoms with Crippen molar-refractivity contribution in [2.45, 2.75) is 75.9 Å². The Kier molecular flexibility index (Phi) is 4.16. The molecule has 0 aliphatic heterocycles. The molecule has 0 heterocycles. The lowest BCUT2D eigenvalue weighted by Crippen LogP contribution is -2.52. The average Bonchev–Trinajstić information content (AvgIpc) is 2.33. The molecule has 0 N–H and O–H groups in total. The molecule has 4 rings (SSSR count). The van der Waals surface area contributed by atoms with Gasteiger partial charge in [0, 0.05) is 0 Å². The molecule has 0 aromatic rings. The van der Waals surface area contributed by atoms with Gasteiger partial charge in [-0.3, -0.25) is 0 Å². The summed E-state index contributed by atoms with van der Waals surface area (Å²) in [6.45, 7) is 2.09. The van der Waals surface area contributed by atoms with Crippen LogP contribution < -0.4 is 0 Å². The summed E-state index contributed by atoms with van der Waals surface area (Å²) in [5.74, 6) is 2.29. The zero-order valence-electron chi connectivity index (χ0n) is 12.3. The molecule has 0 amide bonds. The fourth-order valence-electron chi connectivity index (χ4n) is 4.88. The van der Waals surface area contributed by atoms with Crippen molar-refractivity contribution in [2.24, 2.45) is 17.8 Å². The van der Waals surface area contributed by atoms with Crippen LogP contribution in [0.1, 0.15) is 64.7 Å². The van der Waals surface area contributed by atoms with Crippen LogP contribution in [0.2, 0.25) is 0 Å². The van der Waals surface area contributed by atoms with Gasteiger partial charge in [0.2, 0.25) is 0 Å². The van der Waals surface area contributed by atoms with E-state index < -0.39 is 11.7 Å². The number of rotatable bonds is 5. The third-order valence-corrected chi connectivity index (χ3v) is 5.60. The molecule has 4 aliphatic carbocycles. The van der Waals surface area contributed by atoms with Gasteiger partial charge in [0.25, 0.3) is 0 Å². The smallest absolute Gasteiger partial charge is 0.428 e. The first kappa shape index (κ1) is 14.5. The summed E-state index contributed by atoms with van der Waals surface area (Å²) < 4.78 is 11.0. The molecule has 0 aromatic carbocycles. The lowest BCUT2D eigenvalue weighted by Gasteiger charge is -2.55. The Labute approximate surface area is 126 Å². The number of carbonyl (C=O) groups excluding carboxylic acids is 1. The number of ether oxygens (including phenoxy) is 2. The normalized spacial score (nSPS) is 39.6. The van der Waals surface area contributed by atoms with E-state index >= 15 is 0 Å². The monoisotopic (exact) mass is 300 g/mol. The van der Waals surface area contributed by atoms with Crippen molar-refractivity contribution in [3.05, 3.63) is 0 Å². The maximum atomic E-state index is 12.0. The van der Waals surface area contributed by atoms with Crippen LogP contribution >= 0.6 is 11.6 Å². The molecule has 1 atom stereocenters. The summed E-state index contributed by atoms with van der Waals surface area (Å²) in [5.41, 5.74) is -0.774. The second kappa shape index (κ2) is 5.75. The first-order valence-corrected chi connectivity index (χ1v) is 8.56. The summed E-state index contributed by atoms with van der Waals surface area (Å²) in [4.78, 5) is 12.0. The van der Waals surface area contributed by atoms with Crippen LogP contribution in [0.25, 0.3) is 0 Å². The Bertz CT molecular complexity index is 333. The number of unbranched alkanes of at least 4 members (excludes halogenated alkanes) is 1. The molecule has 114 valence electrons. The van der Waals surface area contributed by atoms with Crippen LogP contribution in [-0.2, 0) is 9.47 Å². The van der Waals surface area contributed by atoms with Gasteiger partial charge in [0.1, 0.15) is 5.60 Å². The highest BCUT2D eigenvalue weighted by atomic mass is 35.5. The molecular weight excluding hydrogens is 276 g/mol. The summed E-state index contributed by atoms with van der Waals surface area (Å²) in [6, 6.07) is 0. The van der Waals surface area contributed by atoms with Gasteiger partial charge in [0.15, 0.2) is 5.56 Å². The Morgan fingerprint density at radius 2 is 1.75 bits per heavy atom. The second-order valence-corrected chi connectivity index (χ2v) is 7.61. The summed E-state index contributed by atoms with van der Waals surface area (Å²) in [6.07, 6.45) is 9.30. The minimum absolute atomic E-state index is 0.229. The van der Waals surface area contributed by atoms with Gasteiger partial charge < -0.3 is 9.47 Å². The minimum atomic E-state index is -0.553. The first-order valence-electron chi connectivity index (χ1n) is 8.12. The highest BCUT2D eigenvalue weighted by Gasteiger charge is 2.53. The van der Waals surface area contributed by atoms with Crippen LogP contribution in [0, 0.1) is 17.8 Å². The molecule has 4 fully saturated rings. The van der Waals surface area contributed by atoms with E-state index in [2.05, 4.69) is 6.92 Å². The van der Waals surface area contributed by atoms with E-state index in [0.29, 0.717) is 6.42 Å². The highest BCUT2D eigenvalue weighted by Crippen LogP contribution is 2.57. The van der Waals surface area contributed by atoms with E-state index in [9.17, 15) is 4.79 Å². The maximum Gasteiger partial charge on any atom is 0.510 e. The predicted octanol–water partition coefficient (Wildman–Crippen LogP) is 4.86. The Hall–Kier alpha value is -0.440.